The Morgan fingerprint density at radius 3 is 2.50 bits per heavy atom. The number of carbonyl (C=O) groups is 2. The van der Waals surface area contributed by atoms with Crippen molar-refractivity contribution in [3.05, 3.63) is 95.8 Å². The van der Waals surface area contributed by atoms with E-state index in [1.807, 2.05) is 42.5 Å². The van der Waals surface area contributed by atoms with Gasteiger partial charge >= 0.3 is 5.97 Å². The van der Waals surface area contributed by atoms with E-state index in [0.717, 1.165) is 11.1 Å². The van der Waals surface area contributed by atoms with Gasteiger partial charge in [-0.2, -0.15) is 0 Å². The van der Waals surface area contributed by atoms with E-state index in [-0.39, 0.29) is 6.42 Å². The van der Waals surface area contributed by atoms with Gasteiger partial charge in [-0.3, -0.25) is 9.78 Å². The van der Waals surface area contributed by atoms with Crippen LogP contribution in [0.15, 0.2) is 79.1 Å². The molecule has 0 saturated carbocycles. The topological polar surface area (TPSA) is 88.5 Å². The molecule has 0 unspecified atom stereocenters. The number of aliphatic carboxylic acids is 1. The van der Waals surface area contributed by atoms with Crippen molar-refractivity contribution in [2.75, 3.05) is 0 Å². The van der Waals surface area contributed by atoms with E-state index >= 15 is 0 Å². The molecule has 0 bridgehead atoms. The van der Waals surface area contributed by atoms with E-state index < -0.39 is 17.9 Å². The highest BCUT2D eigenvalue weighted by Gasteiger charge is 2.21. The largest absolute Gasteiger partial charge is 0.489 e. The lowest BCUT2D eigenvalue weighted by Gasteiger charge is -2.15. The molecule has 1 amide bonds. The summed E-state index contributed by atoms with van der Waals surface area (Å²) >= 11 is 0. The van der Waals surface area contributed by atoms with Crippen molar-refractivity contribution in [2.45, 2.75) is 19.1 Å². The Kier molecular flexibility index (Phi) is 6.36. The van der Waals surface area contributed by atoms with Crippen molar-refractivity contribution in [3.63, 3.8) is 0 Å². The van der Waals surface area contributed by atoms with Crippen molar-refractivity contribution < 1.29 is 19.4 Å². The molecule has 2 N–H and O–H groups in total. The zero-order chi connectivity index (χ0) is 19.8. The van der Waals surface area contributed by atoms with Crippen LogP contribution in [-0.2, 0) is 17.8 Å². The molecule has 1 atom stereocenters. The summed E-state index contributed by atoms with van der Waals surface area (Å²) in [5.74, 6) is -1.03. The van der Waals surface area contributed by atoms with Gasteiger partial charge in [-0.05, 0) is 29.8 Å². The zero-order valence-corrected chi connectivity index (χ0v) is 15.1. The molecule has 1 aromatic heterocycles. The van der Waals surface area contributed by atoms with Crippen LogP contribution in [0.2, 0.25) is 0 Å². The lowest BCUT2D eigenvalue weighted by molar-refractivity contribution is -0.139. The van der Waals surface area contributed by atoms with Crippen molar-refractivity contribution in [2.24, 2.45) is 0 Å². The molecule has 3 rings (SSSR count). The first-order valence-corrected chi connectivity index (χ1v) is 8.81. The second-order valence-corrected chi connectivity index (χ2v) is 6.23. The second-order valence-electron chi connectivity index (χ2n) is 6.23. The minimum absolute atomic E-state index is 0.207. The van der Waals surface area contributed by atoms with Crippen molar-refractivity contribution in [3.8, 4) is 5.75 Å². The van der Waals surface area contributed by atoms with Crippen molar-refractivity contribution in [1.29, 1.82) is 0 Å². The number of nitrogens with one attached hydrogen (secondary N) is 1. The van der Waals surface area contributed by atoms with Crippen LogP contribution in [-0.4, -0.2) is 28.0 Å². The van der Waals surface area contributed by atoms with Gasteiger partial charge in [0, 0.05) is 29.9 Å². The summed E-state index contributed by atoms with van der Waals surface area (Å²) in [5.41, 5.74) is 2.08. The molecule has 0 fully saturated rings. The normalized spacial score (nSPS) is 11.4. The summed E-state index contributed by atoms with van der Waals surface area (Å²) in [5, 5.41) is 12.0. The predicted molar refractivity (Wildman–Crippen MR) is 104 cm³/mol. The molecule has 0 radical (unpaired) electrons. The molecule has 0 aliphatic rings. The summed E-state index contributed by atoms with van der Waals surface area (Å²) in [6, 6.07) is 18.5. The van der Waals surface area contributed by atoms with E-state index in [9.17, 15) is 14.7 Å². The maximum atomic E-state index is 12.5. The van der Waals surface area contributed by atoms with E-state index in [4.69, 9.17) is 4.74 Å². The third-order valence-corrected chi connectivity index (χ3v) is 4.11. The van der Waals surface area contributed by atoms with Gasteiger partial charge in [0.1, 0.15) is 18.4 Å². The summed E-state index contributed by atoms with van der Waals surface area (Å²) < 4.78 is 5.69. The van der Waals surface area contributed by atoms with Crippen molar-refractivity contribution in [1.82, 2.24) is 10.3 Å². The molecule has 1 heterocycles. The fraction of sp³-hybridized carbons (Fsp3) is 0.136. The minimum Gasteiger partial charge on any atom is -0.489 e. The van der Waals surface area contributed by atoms with Crippen molar-refractivity contribution >= 4 is 11.9 Å². The van der Waals surface area contributed by atoms with E-state index in [1.54, 1.807) is 36.7 Å². The number of carboxylic acid groups (broad SMARTS) is 1. The van der Waals surface area contributed by atoms with Crippen LogP contribution >= 0.6 is 0 Å². The van der Waals surface area contributed by atoms with Crippen LogP contribution in [0.5, 0.6) is 5.75 Å². The Labute approximate surface area is 162 Å². The number of hydrogen-bond donors (Lipinski definition) is 2. The molecule has 142 valence electrons. The third-order valence-electron chi connectivity index (χ3n) is 4.11. The standard InChI is InChI=1S/C22H20N2O4/c25-21(24-20(22(26)27)12-16-6-2-1-3-7-16)18-9-4-10-19(13-18)28-15-17-8-5-11-23-14-17/h1-11,13-14,20H,12,15H2,(H,24,25)(H,26,27)/t20-/m0/s1. The molecule has 0 aliphatic carbocycles. The predicted octanol–water partition coefficient (Wildman–Crippen LogP) is 3.09. The Bertz CT molecular complexity index is 930. The highest BCUT2D eigenvalue weighted by Crippen LogP contribution is 2.15. The maximum Gasteiger partial charge on any atom is 0.326 e. The lowest BCUT2D eigenvalue weighted by atomic mass is 10.1. The molecule has 6 nitrogen and oxygen atoms in total. The van der Waals surface area contributed by atoms with Gasteiger partial charge in [0.05, 0.1) is 0 Å². The second kappa shape index (κ2) is 9.32. The zero-order valence-electron chi connectivity index (χ0n) is 15.1. The van der Waals surface area contributed by atoms with Gasteiger partial charge < -0.3 is 15.2 Å². The van der Waals surface area contributed by atoms with Gasteiger partial charge in [0.2, 0.25) is 0 Å². The minimum atomic E-state index is -1.08. The van der Waals surface area contributed by atoms with Gasteiger partial charge in [-0.15, -0.1) is 0 Å². The summed E-state index contributed by atoms with van der Waals surface area (Å²) in [7, 11) is 0. The first kappa shape index (κ1) is 19.1. The fourth-order valence-electron chi connectivity index (χ4n) is 2.67. The summed E-state index contributed by atoms with van der Waals surface area (Å²) in [4.78, 5) is 28.1. The van der Waals surface area contributed by atoms with Gasteiger partial charge in [-0.25, -0.2) is 4.79 Å². The monoisotopic (exact) mass is 376 g/mol. The van der Waals surface area contributed by atoms with Gasteiger partial charge in [0.25, 0.3) is 5.91 Å². The molecule has 0 spiro atoms. The highest BCUT2D eigenvalue weighted by atomic mass is 16.5. The molecule has 0 saturated heterocycles. The molecule has 3 aromatic rings. The average Bonchev–Trinajstić information content (AvgIpc) is 2.73. The molecule has 28 heavy (non-hydrogen) atoms. The number of carboxylic acids is 1. The van der Waals surface area contributed by atoms with Crippen LogP contribution in [0.3, 0.4) is 0 Å². The van der Waals surface area contributed by atoms with Crippen LogP contribution in [0, 0.1) is 0 Å². The molecular weight excluding hydrogens is 356 g/mol. The fourth-order valence-corrected chi connectivity index (χ4v) is 2.67. The number of nitrogens with zero attached hydrogens (tertiary/aromatic N) is 1. The first-order valence-electron chi connectivity index (χ1n) is 8.81. The van der Waals surface area contributed by atoms with Gasteiger partial charge in [0.15, 0.2) is 0 Å². The molecule has 2 aromatic carbocycles. The van der Waals surface area contributed by atoms with Crippen LogP contribution in [0.1, 0.15) is 21.5 Å². The third kappa shape index (κ3) is 5.41. The molecule has 6 heteroatoms. The summed E-state index contributed by atoms with van der Waals surface area (Å²) in [6.07, 6.45) is 3.60. The van der Waals surface area contributed by atoms with E-state index in [1.165, 1.54) is 0 Å². The number of hydrogen-bond acceptors (Lipinski definition) is 4. The van der Waals surface area contributed by atoms with Crippen LogP contribution in [0.4, 0.5) is 0 Å². The Morgan fingerprint density at radius 2 is 1.79 bits per heavy atom. The summed E-state index contributed by atoms with van der Waals surface area (Å²) in [6.45, 7) is 0.324. The van der Waals surface area contributed by atoms with Gasteiger partial charge in [-0.1, -0.05) is 42.5 Å². The number of pyridine rings is 1. The molecule has 0 aliphatic heterocycles. The number of benzene rings is 2. The Balaban J connectivity index is 1.64. The lowest BCUT2D eigenvalue weighted by Crippen LogP contribution is -2.42. The van der Waals surface area contributed by atoms with Crippen LogP contribution < -0.4 is 10.1 Å². The van der Waals surface area contributed by atoms with Crippen LogP contribution in [0.25, 0.3) is 0 Å². The average molecular weight is 376 g/mol. The number of aromatic nitrogens is 1. The number of rotatable bonds is 8. The van der Waals surface area contributed by atoms with E-state index in [0.29, 0.717) is 17.9 Å². The number of amides is 1. The Hall–Kier alpha value is -3.67. The smallest absolute Gasteiger partial charge is 0.326 e. The van der Waals surface area contributed by atoms with E-state index in [2.05, 4.69) is 10.3 Å². The number of ether oxygens (including phenoxy) is 1. The Morgan fingerprint density at radius 1 is 1.00 bits per heavy atom. The first-order chi connectivity index (χ1) is 13.6. The maximum absolute atomic E-state index is 12.5. The SMILES string of the molecule is O=C(N[C@@H](Cc1ccccc1)C(=O)O)c1cccc(OCc2cccnc2)c1. The highest BCUT2D eigenvalue weighted by molar-refractivity contribution is 5.97. The number of carbonyl (C=O) groups excluding carboxylic acids is 1. The molecular formula is C22H20N2O4. The quantitative estimate of drug-likeness (QED) is 0.631.